The molecule has 1 saturated heterocycles. The third-order valence-electron chi connectivity index (χ3n) is 4.18. The van der Waals surface area contributed by atoms with Crippen LogP contribution >= 0.6 is 0 Å². The van der Waals surface area contributed by atoms with Gasteiger partial charge < -0.3 is 9.47 Å². The number of carbonyl (C=O) groups is 1. The Bertz CT molecular complexity index is 917. The SMILES string of the molecule is O=C1OC(c2ccc(F)cc2)CN1Cc1ccc(Oc2ncccn2)cc1. The molecule has 0 saturated carbocycles. The first kappa shape index (κ1) is 17.0. The molecule has 4 rings (SSSR count). The van der Waals surface area contributed by atoms with Crippen molar-refractivity contribution in [3.05, 3.63) is 83.9 Å². The van der Waals surface area contributed by atoms with E-state index in [1.165, 1.54) is 12.1 Å². The molecule has 1 atom stereocenters. The van der Waals surface area contributed by atoms with E-state index in [1.54, 1.807) is 47.6 Å². The third kappa shape index (κ3) is 4.03. The van der Waals surface area contributed by atoms with Gasteiger partial charge in [-0.15, -0.1) is 0 Å². The standard InChI is InChI=1S/C20H16FN3O3/c21-16-6-4-15(5-7-16)18-13-24(20(25)27-18)12-14-2-8-17(9-3-14)26-19-22-10-1-11-23-19/h1-11,18H,12-13H2. The van der Waals surface area contributed by atoms with Crippen molar-refractivity contribution in [2.24, 2.45) is 0 Å². The van der Waals surface area contributed by atoms with Crippen LogP contribution in [0.15, 0.2) is 67.0 Å². The van der Waals surface area contributed by atoms with Gasteiger partial charge in [0.25, 0.3) is 0 Å². The van der Waals surface area contributed by atoms with Gasteiger partial charge in [-0.3, -0.25) is 4.90 Å². The van der Waals surface area contributed by atoms with Crippen LogP contribution in [-0.4, -0.2) is 27.5 Å². The minimum atomic E-state index is -0.393. The predicted molar refractivity (Wildman–Crippen MR) is 94.6 cm³/mol. The number of cyclic esters (lactones) is 1. The maximum absolute atomic E-state index is 13.0. The summed E-state index contributed by atoms with van der Waals surface area (Å²) in [6, 6.07) is 15.3. The fourth-order valence-corrected chi connectivity index (χ4v) is 2.82. The van der Waals surface area contributed by atoms with Gasteiger partial charge in [0.1, 0.15) is 17.7 Å². The molecule has 0 spiro atoms. The molecule has 0 bridgehead atoms. The summed E-state index contributed by atoms with van der Waals surface area (Å²) in [6.45, 7) is 0.833. The summed E-state index contributed by atoms with van der Waals surface area (Å²) in [7, 11) is 0. The zero-order valence-corrected chi connectivity index (χ0v) is 14.3. The average molecular weight is 365 g/mol. The molecule has 0 N–H and O–H groups in total. The quantitative estimate of drug-likeness (QED) is 0.681. The molecule has 7 heteroatoms. The Balaban J connectivity index is 1.38. The highest BCUT2D eigenvalue weighted by molar-refractivity contribution is 5.70. The first-order valence-corrected chi connectivity index (χ1v) is 8.42. The van der Waals surface area contributed by atoms with E-state index < -0.39 is 6.10 Å². The van der Waals surface area contributed by atoms with E-state index in [-0.39, 0.29) is 17.9 Å². The lowest BCUT2D eigenvalue weighted by Gasteiger charge is -2.13. The Morgan fingerprint density at radius 1 is 1.07 bits per heavy atom. The number of halogens is 1. The highest BCUT2D eigenvalue weighted by atomic mass is 19.1. The number of nitrogens with zero attached hydrogens (tertiary/aromatic N) is 3. The fourth-order valence-electron chi connectivity index (χ4n) is 2.82. The van der Waals surface area contributed by atoms with Gasteiger partial charge in [0.2, 0.25) is 0 Å². The van der Waals surface area contributed by atoms with Crippen LogP contribution in [0, 0.1) is 5.82 Å². The van der Waals surface area contributed by atoms with E-state index in [2.05, 4.69) is 9.97 Å². The topological polar surface area (TPSA) is 64.5 Å². The molecular weight excluding hydrogens is 349 g/mol. The zero-order valence-electron chi connectivity index (χ0n) is 14.3. The van der Waals surface area contributed by atoms with Crippen LogP contribution in [0.4, 0.5) is 9.18 Å². The smallest absolute Gasteiger partial charge is 0.410 e. The Kier molecular flexibility index (Phi) is 4.65. The van der Waals surface area contributed by atoms with Crippen molar-refractivity contribution >= 4 is 6.09 Å². The number of hydrogen-bond acceptors (Lipinski definition) is 5. The Morgan fingerprint density at radius 3 is 2.48 bits per heavy atom. The molecule has 2 aromatic carbocycles. The maximum atomic E-state index is 13.0. The van der Waals surface area contributed by atoms with Crippen molar-refractivity contribution < 1.29 is 18.7 Å². The lowest BCUT2D eigenvalue weighted by molar-refractivity contribution is 0.132. The lowest BCUT2D eigenvalue weighted by Crippen LogP contribution is -2.23. The van der Waals surface area contributed by atoms with E-state index in [0.717, 1.165) is 11.1 Å². The number of benzene rings is 2. The Hall–Kier alpha value is -3.48. The van der Waals surface area contributed by atoms with Crippen LogP contribution in [0.25, 0.3) is 0 Å². The minimum absolute atomic E-state index is 0.274. The Morgan fingerprint density at radius 2 is 1.78 bits per heavy atom. The second-order valence-electron chi connectivity index (χ2n) is 6.08. The highest BCUT2D eigenvalue weighted by Crippen LogP contribution is 2.28. The second-order valence-corrected chi connectivity index (χ2v) is 6.08. The van der Waals surface area contributed by atoms with Gasteiger partial charge >= 0.3 is 12.1 Å². The normalized spacial score (nSPS) is 16.3. The van der Waals surface area contributed by atoms with E-state index in [9.17, 15) is 9.18 Å². The summed E-state index contributed by atoms with van der Waals surface area (Å²) in [4.78, 5) is 21.8. The second kappa shape index (κ2) is 7.41. The van der Waals surface area contributed by atoms with Crippen molar-refractivity contribution in [3.8, 4) is 11.8 Å². The minimum Gasteiger partial charge on any atom is -0.439 e. The van der Waals surface area contributed by atoms with E-state index >= 15 is 0 Å². The summed E-state index contributed by atoms with van der Waals surface area (Å²) in [6.07, 6.45) is 2.43. The van der Waals surface area contributed by atoms with Crippen LogP contribution in [-0.2, 0) is 11.3 Å². The van der Waals surface area contributed by atoms with E-state index in [4.69, 9.17) is 9.47 Å². The van der Waals surface area contributed by atoms with Crippen LogP contribution in [0.2, 0.25) is 0 Å². The molecule has 6 nitrogen and oxygen atoms in total. The Labute approximate surface area is 155 Å². The number of hydrogen-bond donors (Lipinski definition) is 0. The van der Waals surface area contributed by atoms with Gasteiger partial charge in [-0.05, 0) is 41.5 Å². The molecule has 1 unspecified atom stereocenters. The van der Waals surface area contributed by atoms with Gasteiger partial charge in [0.05, 0.1) is 6.54 Å². The van der Waals surface area contributed by atoms with Crippen molar-refractivity contribution in [2.45, 2.75) is 12.6 Å². The van der Waals surface area contributed by atoms with Crippen molar-refractivity contribution in [1.82, 2.24) is 14.9 Å². The zero-order chi connectivity index (χ0) is 18.6. The molecule has 0 radical (unpaired) electrons. The van der Waals surface area contributed by atoms with E-state index in [1.807, 2.05) is 12.1 Å². The van der Waals surface area contributed by atoms with Crippen LogP contribution in [0.5, 0.6) is 11.8 Å². The molecule has 0 aliphatic carbocycles. The molecule has 1 fully saturated rings. The highest BCUT2D eigenvalue weighted by Gasteiger charge is 2.32. The number of carbonyl (C=O) groups excluding carboxylic acids is 1. The number of rotatable bonds is 5. The first-order valence-electron chi connectivity index (χ1n) is 8.42. The predicted octanol–water partition coefficient (Wildman–Crippen LogP) is 4.10. The van der Waals surface area contributed by atoms with Crippen molar-refractivity contribution in [2.75, 3.05) is 6.54 Å². The van der Waals surface area contributed by atoms with Gasteiger partial charge in [0.15, 0.2) is 0 Å². The molecule has 27 heavy (non-hydrogen) atoms. The molecular formula is C20H16FN3O3. The lowest BCUT2D eigenvalue weighted by atomic mass is 10.1. The van der Waals surface area contributed by atoms with Gasteiger partial charge in [-0.25, -0.2) is 19.2 Å². The fraction of sp³-hybridized carbons (Fsp3) is 0.150. The summed E-state index contributed by atoms with van der Waals surface area (Å²) < 4.78 is 24.0. The third-order valence-corrected chi connectivity index (χ3v) is 4.18. The molecule has 136 valence electrons. The molecule has 2 heterocycles. The molecule has 1 amide bonds. The number of amides is 1. The van der Waals surface area contributed by atoms with Crippen molar-refractivity contribution in [3.63, 3.8) is 0 Å². The first-order chi connectivity index (χ1) is 13.2. The van der Waals surface area contributed by atoms with Gasteiger partial charge in [-0.1, -0.05) is 24.3 Å². The van der Waals surface area contributed by atoms with Gasteiger partial charge in [0, 0.05) is 18.9 Å². The largest absolute Gasteiger partial charge is 0.439 e. The molecule has 3 aromatic rings. The molecule has 1 aliphatic heterocycles. The summed E-state index contributed by atoms with van der Waals surface area (Å²) in [5.41, 5.74) is 1.71. The summed E-state index contributed by atoms with van der Waals surface area (Å²) in [5, 5.41) is 0. The molecule has 1 aliphatic rings. The number of aromatic nitrogens is 2. The van der Waals surface area contributed by atoms with E-state index in [0.29, 0.717) is 18.8 Å². The van der Waals surface area contributed by atoms with Crippen LogP contribution in [0.1, 0.15) is 17.2 Å². The van der Waals surface area contributed by atoms with Gasteiger partial charge in [-0.2, -0.15) is 0 Å². The van der Waals surface area contributed by atoms with Crippen LogP contribution < -0.4 is 4.74 Å². The average Bonchev–Trinajstić information content (AvgIpc) is 3.05. The number of ether oxygens (including phenoxy) is 2. The van der Waals surface area contributed by atoms with Crippen molar-refractivity contribution in [1.29, 1.82) is 0 Å². The van der Waals surface area contributed by atoms with Crippen LogP contribution in [0.3, 0.4) is 0 Å². The summed E-state index contributed by atoms with van der Waals surface area (Å²) in [5.74, 6) is 0.293. The molecule has 1 aromatic heterocycles. The monoisotopic (exact) mass is 365 g/mol. The maximum Gasteiger partial charge on any atom is 0.410 e. The summed E-state index contributed by atoms with van der Waals surface area (Å²) >= 11 is 0.